The summed E-state index contributed by atoms with van der Waals surface area (Å²) < 4.78 is 24.7. The summed E-state index contributed by atoms with van der Waals surface area (Å²) in [5.41, 5.74) is 6.77. The van der Waals surface area contributed by atoms with Crippen molar-refractivity contribution in [1.82, 2.24) is 4.90 Å². The maximum atomic E-state index is 12.4. The molecule has 0 bridgehead atoms. The van der Waals surface area contributed by atoms with Crippen LogP contribution in [0.25, 0.3) is 0 Å². The van der Waals surface area contributed by atoms with Gasteiger partial charge in [0.05, 0.1) is 19.6 Å². The van der Waals surface area contributed by atoms with Gasteiger partial charge in [0.15, 0.2) is 0 Å². The second-order valence-electron chi connectivity index (χ2n) is 4.56. The fraction of sp³-hybridized carbons (Fsp3) is 0.286. The minimum atomic E-state index is -2.61. The first-order valence-electron chi connectivity index (χ1n) is 6.29. The van der Waals surface area contributed by atoms with Gasteiger partial charge >= 0.3 is 0 Å². The molecule has 2 rings (SSSR count). The number of amides is 1. The van der Waals surface area contributed by atoms with Gasteiger partial charge in [-0.15, -0.1) is 0 Å². The monoisotopic (exact) mass is 313 g/mol. The van der Waals surface area contributed by atoms with Gasteiger partial charge in [-0.25, -0.2) is 8.78 Å². The van der Waals surface area contributed by atoms with E-state index in [-0.39, 0.29) is 17.4 Å². The highest BCUT2D eigenvalue weighted by molar-refractivity contribution is 6.70. The van der Waals surface area contributed by atoms with Crippen LogP contribution < -0.4 is 5.73 Å². The fourth-order valence-electron chi connectivity index (χ4n) is 1.98. The molecule has 0 saturated heterocycles. The Balaban J connectivity index is 2.08. The van der Waals surface area contributed by atoms with Gasteiger partial charge in [0.25, 0.3) is 12.3 Å². The topological polar surface area (TPSA) is 58.7 Å². The third-order valence-corrected chi connectivity index (χ3v) is 3.39. The van der Waals surface area contributed by atoms with Crippen LogP contribution in [0, 0.1) is 0 Å². The average molecular weight is 314 g/mol. The first-order valence-corrected chi connectivity index (χ1v) is 6.67. The first kappa shape index (κ1) is 15.4. The lowest BCUT2D eigenvalue weighted by molar-refractivity contribution is -0.127. The van der Waals surface area contributed by atoms with Crippen LogP contribution in [0.5, 0.6) is 0 Å². The van der Waals surface area contributed by atoms with Gasteiger partial charge in [0.2, 0.25) is 0 Å². The van der Waals surface area contributed by atoms with Crippen molar-refractivity contribution in [1.29, 1.82) is 0 Å². The molecule has 1 aliphatic heterocycles. The second kappa shape index (κ2) is 6.67. The standard InChI is InChI=1S/C14H14ClF2N3O/c15-13(19-6-9-4-2-1-3-5-9)10-7-20(8-11(16)17)14(21)12(10)18/h1-5,11H,6-8,18H2. The van der Waals surface area contributed by atoms with Crippen molar-refractivity contribution in [3.05, 3.63) is 47.2 Å². The Labute approximate surface area is 125 Å². The normalized spacial score (nSPS) is 16.3. The summed E-state index contributed by atoms with van der Waals surface area (Å²) in [7, 11) is 0. The van der Waals surface area contributed by atoms with Gasteiger partial charge in [0.1, 0.15) is 10.9 Å². The molecule has 112 valence electrons. The molecule has 1 heterocycles. The number of rotatable bonds is 5. The summed E-state index contributed by atoms with van der Waals surface area (Å²) in [5, 5.41) is 0.0847. The maximum absolute atomic E-state index is 12.4. The van der Waals surface area contributed by atoms with E-state index in [2.05, 4.69) is 4.99 Å². The van der Waals surface area contributed by atoms with Crippen LogP contribution in [0.4, 0.5) is 8.78 Å². The highest BCUT2D eigenvalue weighted by Crippen LogP contribution is 2.20. The Morgan fingerprint density at radius 1 is 1.38 bits per heavy atom. The lowest BCUT2D eigenvalue weighted by Gasteiger charge is -2.15. The van der Waals surface area contributed by atoms with Gasteiger partial charge in [-0.2, -0.15) is 0 Å². The van der Waals surface area contributed by atoms with Crippen LogP contribution in [0.3, 0.4) is 0 Å². The van der Waals surface area contributed by atoms with Crippen molar-refractivity contribution < 1.29 is 13.6 Å². The zero-order valence-corrected chi connectivity index (χ0v) is 11.9. The summed E-state index contributed by atoms with van der Waals surface area (Å²) in [6, 6.07) is 9.39. The van der Waals surface area contributed by atoms with Crippen molar-refractivity contribution >= 4 is 22.7 Å². The SMILES string of the molecule is NC1=C(C(Cl)=NCc2ccccc2)CN(CC(F)F)C1=O. The maximum Gasteiger partial charge on any atom is 0.270 e. The van der Waals surface area contributed by atoms with Crippen LogP contribution in [-0.4, -0.2) is 35.5 Å². The zero-order chi connectivity index (χ0) is 15.4. The van der Waals surface area contributed by atoms with Gasteiger partial charge in [-0.1, -0.05) is 41.9 Å². The largest absolute Gasteiger partial charge is 0.394 e. The molecule has 1 aromatic carbocycles. The number of nitrogens with zero attached hydrogens (tertiary/aromatic N) is 2. The predicted molar refractivity (Wildman–Crippen MR) is 77.2 cm³/mol. The number of halogens is 3. The van der Waals surface area contributed by atoms with Crippen molar-refractivity contribution in [3.63, 3.8) is 0 Å². The van der Waals surface area contributed by atoms with Gasteiger partial charge < -0.3 is 10.6 Å². The molecule has 7 heteroatoms. The molecule has 0 saturated carbocycles. The highest BCUT2D eigenvalue weighted by Gasteiger charge is 2.31. The van der Waals surface area contributed by atoms with Crippen LogP contribution >= 0.6 is 11.6 Å². The summed E-state index contributed by atoms with van der Waals surface area (Å²) in [5.74, 6) is -0.627. The first-order chi connectivity index (χ1) is 9.99. The lowest BCUT2D eigenvalue weighted by atomic mass is 10.2. The minimum Gasteiger partial charge on any atom is -0.394 e. The molecule has 0 unspecified atom stereocenters. The molecule has 1 amide bonds. The Bertz CT molecular complexity index is 587. The quantitative estimate of drug-likeness (QED) is 0.847. The van der Waals surface area contributed by atoms with Crippen LogP contribution in [0.15, 0.2) is 46.6 Å². The molecular weight excluding hydrogens is 300 g/mol. The molecule has 0 spiro atoms. The Morgan fingerprint density at radius 2 is 2.05 bits per heavy atom. The van der Waals surface area contributed by atoms with E-state index in [0.29, 0.717) is 12.1 Å². The van der Waals surface area contributed by atoms with E-state index in [1.54, 1.807) is 0 Å². The van der Waals surface area contributed by atoms with E-state index in [9.17, 15) is 13.6 Å². The van der Waals surface area contributed by atoms with E-state index < -0.39 is 18.9 Å². The number of benzene rings is 1. The predicted octanol–water partition coefficient (Wildman–Crippen LogP) is 2.14. The molecule has 0 atom stereocenters. The van der Waals surface area contributed by atoms with E-state index in [4.69, 9.17) is 17.3 Å². The number of hydrogen-bond donors (Lipinski definition) is 1. The number of alkyl halides is 2. The third kappa shape index (κ3) is 3.78. The summed E-state index contributed by atoms with van der Waals surface area (Å²) in [6.45, 7) is -0.364. The third-order valence-electron chi connectivity index (χ3n) is 3.04. The molecule has 1 aromatic rings. The van der Waals surface area contributed by atoms with Crippen LogP contribution in [-0.2, 0) is 11.3 Å². The smallest absolute Gasteiger partial charge is 0.270 e. The molecule has 4 nitrogen and oxygen atoms in total. The number of aliphatic imine (C=N–C) groups is 1. The second-order valence-corrected chi connectivity index (χ2v) is 4.92. The number of carbonyl (C=O) groups is 1. The van der Waals surface area contributed by atoms with Crippen LogP contribution in [0.2, 0.25) is 0 Å². The van der Waals surface area contributed by atoms with E-state index >= 15 is 0 Å². The van der Waals surface area contributed by atoms with Gasteiger partial charge in [-0.3, -0.25) is 9.79 Å². The van der Waals surface area contributed by atoms with E-state index in [0.717, 1.165) is 10.5 Å². The molecule has 21 heavy (non-hydrogen) atoms. The fourth-order valence-corrected chi connectivity index (χ4v) is 2.20. The molecular formula is C14H14ClF2N3O. The van der Waals surface area contributed by atoms with Crippen molar-refractivity contribution in [2.75, 3.05) is 13.1 Å². The summed E-state index contributed by atoms with van der Waals surface area (Å²) >= 11 is 6.04. The zero-order valence-electron chi connectivity index (χ0n) is 11.1. The number of hydrogen-bond acceptors (Lipinski definition) is 3. The number of nitrogens with two attached hydrogens (primary N) is 1. The lowest BCUT2D eigenvalue weighted by Crippen LogP contribution is -2.33. The van der Waals surface area contributed by atoms with Gasteiger partial charge in [0, 0.05) is 5.57 Å². The Hall–Kier alpha value is -1.95. The van der Waals surface area contributed by atoms with Crippen molar-refractivity contribution in [2.24, 2.45) is 10.7 Å². The Morgan fingerprint density at radius 3 is 2.67 bits per heavy atom. The number of carbonyl (C=O) groups excluding carboxylic acids is 1. The Kier molecular flexibility index (Phi) is 4.90. The minimum absolute atomic E-state index is 0.0356. The molecule has 0 aliphatic carbocycles. The molecule has 0 fully saturated rings. The van der Waals surface area contributed by atoms with Crippen LogP contribution in [0.1, 0.15) is 5.56 Å². The highest BCUT2D eigenvalue weighted by atomic mass is 35.5. The molecule has 2 N–H and O–H groups in total. The molecule has 0 radical (unpaired) electrons. The summed E-state index contributed by atoms with van der Waals surface area (Å²) in [6.07, 6.45) is -2.61. The average Bonchev–Trinajstić information content (AvgIpc) is 2.74. The van der Waals surface area contributed by atoms with E-state index in [1.807, 2.05) is 30.3 Å². The van der Waals surface area contributed by atoms with E-state index in [1.165, 1.54) is 0 Å². The summed E-state index contributed by atoms with van der Waals surface area (Å²) in [4.78, 5) is 16.8. The van der Waals surface area contributed by atoms with Crippen molar-refractivity contribution in [2.45, 2.75) is 13.0 Å². The van der Waals surface area contributed by atoms with Crippen molar-refractivity contribution in [3.8, 4) is 0 Å². The molecule has 1 aliphatic rings. The molecule has 0 aromatic heterocycles. The van der Waals surface area contributed by atoms with Gasteiger partial charge in [-0.05, 0) is 5.56 Å².